The molecule has 1 aliphatic heterocycles. The van der Waals surface area contributed by atoms with Crippen LogP contribution < -0.4 is 5.73 Å². The van der Waals surface area contributed by atoms with Crippen molar-refractivity contribution in [2.24, 2.45) is 16.0 Å². The molecule has 0 saturated heterocycles. The predicted octanol–water partition coefficient (Wildman–Crippen LogP) is 4.68. The Kier molecular flexibility index (Phi) is 5.64. The lowest BCUT2D eigenvalue weighted by molar-refractivity contribution is -0.127. The predicted molar refractivity (Wildman–Crippen MR) is 83.8 cm³/mol. The highest BCUT2D eigenvalue weighted by molar-refractivity contribution is 7.90. The Morgan fingerprint density at radius 2 is 1.70 bits per heavy atom. The van der Waals surface area contributed by atoms with Crippen LogP contribution >= 0.6 is 23.2 Å². The van der Waals surface area contributed by atoms with Crippen molar-refractivity contribution in [1.82, 2.24) is 0 Å². The molecule has 2 rings (SSSR count). The minimum atomic E-state index is -5.31. The number of azo groups is 1. The molecule has 2 atom stereocenters. The Labute approximate surface area is 159 Å². The minimum Gasteiger partial charge on any atom is -0.297 e. The van der Waals surface area contributed by atoms with Gasteiger partial charge in [-0.25, -0.2) is 4.21 Å². The molecular weight excluding hydrogens is 445 g/mol. The van der Waals surface area contributed by atoms with Crippen LogP contribution in [-0.2, 0) is 22.9 Å². The van der Waals surface area contributed by atoms with Crippen molar-refractivity contribution >= 4 is 34.0 Å². The van der Waals surface area contributed by atoms with Crippen molar-refractivity contribution in [3.8, 4) is 6.07 Å². The summed E-state index contributed by atoms with van der Waals surface area (Å²) in [5, 5.41) is 14.4. The second kappa shape index (κ2) is 7.05. The summed E-state index contributed by atoms with van der Waals surface area (Å²) in [6.45, 7) is 0. The smallest absolute Gasteiger partial charge is 0.297 e. The summed E-state index contributed by atoms with van der Waals surface area (Å²) in [6, 6.07) is 2.87. The van der Waals surface area contributed by atoms with E-state index in [4.69, 9.17) is 34.2 Å². The fraction of sp³-hybridized carbons (Fsp3) is 0.308. The number of hydrogen-bond acceptors (Lipinski definition) is 5. The van der Waals surface area contributed by atoms with E-state index < -0.39 is 60.8 Å². The maximum atomic E-state index is 12.9. The van der Waals surface area contributed by atoms with Crippen molar-refractivity contribution in [1.29, 1.82) is 5.26 Å². The second-order valence-corrected chi connectivity index (χ2v) is 7.42. The van der Waals surface area contributed by atoms with Gasteiger partial charge >= 0.3 is 11.7 Å². The fourth-order valence-electron chi connectivity index (χ4n) is 2.30. The Morgan fingerprint density at radius 1 is 1.19 bits per heavy atom. The Morgan fingerprint density at radius 3 is 2.11 bits per heavy atom. The molecule has 1 aromatic rings. The molecule has 1 aliphatic rings. The van der Waals surface area contributed by atoms with E-state index in [0.717, 1.165) is 12.1 Å². The van der Waals surface area contributed by atoms with Gasteiger partial charge in [0.15, 0.2) is 22.2 Å². The third-order valence-electron chi connectivity index (χ3n) is 3.26. The summed E-state index contributed by atoms with van der Waals surface area (Å²) >= 11 is 11.8. The van der Waals surface area contributed by atoms with Crippen LogP contribution in [0.3, 0.4) is 0 Å². The van der Waals surface area contributed by atoms with E-state index in [9.17, 15) is 30.6 Å². The molecule has 0 spiro atoms. The third kappa shape index (κ3) is 4.26. The molecule has 14 heteroatoms. The van der Waals surface area contributed by atoms with E-state index >= 15 is 0 Å². The first kappa shape index (κ1) is 21.6. The van der Waals surface area contributed by atoms with Crippen LogP contribution in [0.4, 0.5) is 26.3 Å². The SMILES string of the molecule is N#CC1=C(S(=O)C(F)(F)F)C(N)(c2c(Cl)cc(CC(F)(F)F)cc2Cl)N=N1. The number of allylic oxidation sites excluding steroid dienone is 1. The minimum absolute atomic E-state index is 0.386. The lowest BCUT2D eigenvalue weighted by Gasteiger charge is -2.26. The number of hydrogen-bond donors (Lipinski definition) is 1. The van der Waals surface area contributed by atoms with Crippen molar-refractivity contribution in [3.05, 3.63) is 43.9 Å². The molecule has 5 nitrogen and oxygen atoms in total. The zero-order valence-electron chi connectivity index (χ0n) is 12.6. The monoisotopic (exact) mass is 450 g/mol. The molecule has 0 fully saturated rings. The zero-order chi connectivity index (χ0) is 20.8. The van der Waals surface area contributed by atoms with Gasteiger partial charge in [-0.1, -0.05) is 23.2 Å². The van der Waals surface area contributed by atoms with Crippen molar-refractivity contribution < 1.29 is 30.6 Å². The summed E-state index contributed by atoms with van der Waals surface area (Å²) in [5.41, 5.74) is -4.04. The van der Waals surface area contributed by atoms with E-state index in [0.29, 0.717) is 0 Å². The van der Waals surface area contributed by atoms with Gasteiger partial charge in [-0.05, 0) is 17.7 Å². The average Bonchev–Trinajstić information content (AvgIpc) is 2.80. The molecule has 0 saturated carbocycles. The van der Waals surface area contributed by atoms with Gasteiger partial charge in [0.1, 0.15) is 11.0 Å². The topological polar surface area (TPSA) is 91.6 Å². The molecule has 0 amide bonds. The van der Waals surface area contributed by atoms with Crippen LogP contribution in [0.2, 0.25) is 10.0 Å². The molecule has 2 unspecified atom stereocenters. The van der Waals surface area contributed by atoms with Gasteiger partial charge < -0.3 is 0 Å². The van der Waals surface area contributed by atoms with E-state index in [2.05, 4.69) is 10.2 Å². The zero-order valence-corrected chi connectivity index (χ0v) is 14.9. The number of alkyl halides is 6. The van der Waals surface area contributed by atoms with Crippen molar-refractivity contribution in [2.75, 3.05) is 0 Å². The Hall–Kier alpha value is -1.68. The molecule has 146 valence electrons. The standard InChI is InChI=1S/C13H6Cl2F6N4OS/c14-6-1-5(3-11(16,17)18)2-7(15)9(6)12(23)10(8(4-22)24-25-12)27(26)13(19,20)21/h1-2H,3,23H2. The number of rotatable bonds is 3. The summed E-state index contributed by atoms with van der Waals surface area (Å²) < 4.78 is 88.3. The maximum absolute atomic E-state index is 12.9. The normalized spacial score (nSPS) is 21.5. The van der Waals surface area contributed by atoms with Gasteiger partial charge in [0.2, 0.25) is 0 Å². The highest BCUT2D eigenvalue weighted by Crippen LogP contribution is 2.47. The Bertz CT molecular complexity index is 898. The first-order valence-corrected chi connectivity index (χ1v) is 8.51. The third-order valence-corrected chi connectivity index (χ3v) is 5.15. The van der Waals surface area contributed by atoms with Gasteiger partial charge in [-0.15, -0.1) is 5.11 Å². The molecule has 1 heterocycles. The maximum Gasteiger partial charge on any atom is 0.475 e. The summed E-state index contributed by atoms with van der Waals surface area (Å²) in [6.07, 6.45) is -6.01. The quantitative estimate of drug-likeness (QED) is 0.677. The van der Waals surface area contributed by atoms with Crippen LogP contribution in [0.25, 0.3) is 0 Å². The highest BCUT2D eigenvalue weighted by Gasteiger charge is 2.53. The lowest BCUT2D eigenvalue weighted by Crippen LogP contribution is -2.40. The molecule has 0 bridgehead atoms. The van der Waals surface area contributed by atoms with E-state index in [1.165, 1.54) is 6.07 Å². The van der Waals surface area contributed by atoms with Crippen LogP contribution in [0, 0.1) is 11.3 Å². The van der Waals surface area contributed by atoms with Gasteiger partial charge in [0.05, 0.1) is 6.42 Å². The van der Waals surface area contributed by atoms with Crippen LogP contribution in [-0.4, -0.2) is 15.9 Å². The van der Waals surface area contributed by atoms with E-state index in [1.807, 2.05) is 0 Å². The van der Waals surface area contributed by atoms with Gasteiger partial charge in [-0.2, -0.15) is 36.7 Å². The van der Waals surface area contributed by atoms with E-state index in [1.54, 1.807) is 0 Å². The molecule has 0 aliphatic carbocycles. The molecule has 1 aromatic carbocycles. The van der Waals surface area contributed by atoms with Crippen LogP contribution in [0.1, 0.15) is 11.1 Å². The van der Waals surface area contributed by atoms with Gasteiger partial charge in [0, 0.05) is 15.6 Å². The molecule has 27 heavy (non-hydrogen) atoms. The van der Waals surface area contributed by atoms with Crippen molar-refractivity contribution in [3.63, 3.8) is 0 Å². The number of nitriles is 1. The molecule has 0 radical (unpaired) electrons. The van der Waals surface area contributed by atoms with Crippen molar-refractivity contribution in [2.45, 2.75) is 23.8 Å². The fourth-order valence-corrected chi connectivity index (χ4v) is 4.04. The molecule has 0 aromatic heterocycles. The number of nitrogens with two attached hydrogens (primary N) is 1. The summed E-state index contributed by atoms with van der Waals surface area (Å²) in [5.74, 6) is 0. The summed E-state index contributed by atoms with van der Waals surface area (Å²) in [4.78, 5) is -1.22. The Balaban J connectivity index is 2.66. The van der Waals surface area contributed by atoms with Gasteiger partial charge in [-0.3, -0.25) is 5.73 Å². The largest absolute Gasteiger partial charge is 0.475 e. The first-order valence-electron chi connectivity index (χ1n) is 6.61. The van der Waals surface area contributed by atoms with E-state index in [-0.39, 0.29) is 5.56 Å². The number of halogens is 8. The number of nitrogens with zero attached hydrogens (tertiary/aromatic N) is 3. The average molecular weight is 451 g/mol. The highest BCUT2D eigenvalue weighted by atomic mass is 35.5. The molecular formula is C13H6Cl2F6N4OS. The van der Waals surface area contributed by atoms with Crippen LogP contribution in [0.15, 0.2) is 33.0 Å². The first-order chi connectivity index (χ1) is 12.2. The summed E-state index contributed by atoms with van der Waals surface area (Å²) in [7, 11) is -3.80. The second-order valence-electron chi connectivity index (χ2n) is 5.20. The number of benzene rings is 1. The van der Waals surface area contributed by atoms with Crippen LogP contribution in [0.5, 0.6) is 0 Å². The lowest BCUT2D eigenvalue weighted by atomic mass is 9.97. The molecule has 2 N–H and O–H groups in total. The van der Waals surface area contributed by atoms with Gasteiger partial charge in [0.25, 0.3) is 0 Å².